The lowest BCUT2D eigenvalue weighted by Gasteiger charge is -2.64. The second-order valence-electron chi connectivity index (χ2n) is 7.41. The van der Waals surface area contributed by atoms with Gasteiger partial charge in [-0.1, -0.05) is 24.3 Å². The third kappa shape index (κ3) is 1.70. The number of benzene rings is 1. The van der Waals surface area contributed by atoms with Crippen LogP contribution >= 0.6 is 0 Å². The molecule has 2 aromatic rings. The van der Waals surface area contributed by atoms with Crippen LogP contribution in [0.5, 0.6) is 0 Å². The third-order valence-corrected chi connectivity index (χ3v) is 5.79. The second kappa shape index (κ2) is 4.32. The first-order valence-corrected chi connectivity index (χ1v) is 8.19. The lowest BCUT2D eigenvalue weighted by atomic mass is 9.47. The molecule has 3 saturated carbocycles. The zero-order valence-electron chi connectivity index (χ0n) is 12.9. The molecule has 0 saturated heterocycles. The minimum atomic E-state index is -2.50. The zero-order valence-corrected chi connectivity index (χ0v) is 12.9. The van der Waals surface area contributed by atoms with Crippen molar-refractivity contribution in [2.45, 2.75) is 55.8 Å². The maximum atomic E-state index is 13.8. The first-order chi connectivity index (χ1) is 11.4. The number of rotatable bonds is 3. The first-order valence-electron chi connectivity index (χ1n) is 8.19. The van der Waals surface area contributed by atoms with Crippen molar-refractivity contribution >= 4 is 0 Å². The van der Waals surface area contributed by atoms with E-state index in [0.29, 0.717) is 31.5 Å². The molecular formula is C17H16F3N3O. The van der Waals surface area contributed by atoms with Gasteiger partial charge in [0.15, 0.2) is 0 Å². The van der Waals surface area contributed by atoms with E-state index in [4.69, 9.17) is 0 Å². The molecule has 0 amide bonds. The number of nitrogens with zero attached hydrogens (tertiary/aromatic N) is 3. The van der Waals surface area contributed by atoms with Gasteiger partial charge in [-0.3, -0.25) is 4.57 Å². The molecule has 0 N–H and O–H groups in total. The van der Waals surface area contributed by atoms with Gasteiger partial charge in [-0.2, -0.15) is 5.10 Å². The van der Waals surface area contributed by atoms with Gasteiger partial charge in [0.25, 0.3) is 6.43 Å². The molecule has 24 heavy (non-hydrogen) atoms. The van der Waals surface area contributed by atoms with Crippen molar-refractivity contribution in [3.63, 3.8) is 0 Å². The maximum absolute atomic E-state index is 13.8. The van der Waals surface area contributed by atoms with Crippen LogP contribution in [0.2, 0.25) is 0 Å². The van der Waals surface area contributed by atoms with Gasteiger partial charge in [0.05, 0.1) is 11.6 Å². The third-order valence-electron chi connectivity index (χ3n) is 5.79. The minimum Gasteiger partial charge on any atom is -0.271 e. The number of hydrogen-bond acceptors (Lipinski definition) is 2. The molecule has 4 nitrogen and oxygen atoms in total. The number of fused-ring (bicyclic) bond motifs is 1. The molecular weight excluding hydrogens is 319 g/mol. The summed E-state index contributed by atoms with van der Waals surface area (Å²) >= 11 is 0. The van der Waals surface area contributed by atoms with E-state index in [0.717, 1.165) is 12.0 Å². The molecule has 4 aliphatic rings. The Kier molecular flexibility index (Phi) is 2.57. The van der Waals surface area contributed by atoms with Crippen molar-refractivity contribution in [2.75, 3.05) is 0 Å². The Bertz CT molecular complexity index is 864. The molecule has 3 aliphatic carbocycles. The Balaban J connectivity index is 1.50. The van der Waals surface area contributed by atoms with E-state index >= 15 is 0 Å². The van der Waals surface area contributed by atoms with Gasteiger partial charge in [-0.15, -0.1) is 0 Å². The molecule has 2 heterocycles. The van der Waals surface area contributed by atoms with Crippen LogP contribution in [0.1, 0.15) is 55.1 Å². The van der Waals surface area contributed by atoms with Gasteiger partial charge in [0.1, 0.15) is 11.5 Å². The van der Waals surface area contributed by atoms with Crippen LogP contribution in [0.4, 0.5) is 13.2 Å². The Morgan fingerprint density at radius 1 is 1.17 bits per heavy atom. The number of aryl methyl sites for hydroxylation is 1. The zero-order chi connectivity index (χ0) is 16.7. The van der Waals surface area contributed by atoms with Crippen LogP contribution in [-0.2, 0) is 12.0 Å². The monoisotopic (exact) mass is 335 g/mol. The Morgan fingerprint density at radius 3 is 2.42 bits per heavy atom. The summed E-state index contributed by atoms with van der Waals surface area (Å²) in [6.45, 7) is 0. The SMILES string of the molecule is O=c1n(C23CC(F)(C2)C3)nc2n1[C@H](c1ccc(C(F)F)cc1)CC2. The fourth-order valence-electron chi connectivity index (χ4n) is 4.62. The van der Waals surface area contributed by atoms with Crippen molar-refractivity contribution < 1.29 is 13.2 Å². The molecule has 6 rings (SSSR count). The first kappa shape index (κ1) is 14.3. The molecule has 0 radical (unpaired) electrons. The van der Waals surface area contributed by atoms with Crippen molar-refractivity contribution in [2.24, 2.45) is 0 Å². The average Bonchev–Trinajstić information content (AvgIpc) is 3.04. The molecule has 1 aliphatic heterocycles. The molecule has 3 fully saturated rings. The topological polar surface area (TPSA) is 39.8 Å². The summed E-state index contributed by atoms with van der Waals surface area (Å²) in [4.78, 5) is 12.8. The van der Waals surface area contributed by atoms with Crippen LogP contribution in [0.15, 0.2) is 29.1 Å². The van der Waals surface area contributed by atoms with Gasteiger partial charge in [-0.25, -0.2) is 22.6 Å². The van der Waals surface area contributed by atoms with Gasteiger partial charge in [0, 0.05) is 31.2 Å². The van der Waals surface area contributed by atoms with Crippen LogP contribution in [0, 0.1) is 0 Å². The standard InChI is InChI=1S/C17H16F3N3O/c18-14(19)11-3-1-10(2-4-11)12-5-6-13-21-23(15(24)22(12)13)17-7-16(20,8-17)9-17/h1-4,12,14H,5-9H2/t12-,16?,17?/m0/s1. The largest absolute Gasteiger partial charge is 0.347 e. The van der Waals surface area contributed by atoms with Crippen LogP contribution in [0.3, 0.4) is 0 Å². The van der Waals surface area contributed by atoms with E-state index in [1.807, 2.05) is 0 Å². The Morgan fingerprint density at radius 2 is 1.83 bits per heavy atom. The van der Waals surface area contributed by atoms with E-state index in [-0.39, 0.29) is 17.3 Å². The number of alkyl halides is 3. The fourth-order valence-corrected chi connectivity index (χ4v) is 4.62. The highest BCUT2D eigenvalue weighted by Gasteiger charge is 2.71. The smallest absolute Gasteiger partial charge is 0.271 e. The predicted octanol–water partition coefficient (Wildman–Crippen LogP) is 3.12. The number of hydrogen-bond donors (Lipinski definition) is 0. The maximum Gasteiger partial charge on any atom is 0.347 e. The lowest BCUT2D eigenvalue weighted by molar-refractivity contribution is -0.205. The van der Waals surface area contributed by atoms with E-state index in [1.165, 1.54) is 16.8 Å². The van der Waals surface area contributed by atoms with Crippen molar-refractivity contribution in [3.8, 4) is 0 Å². The molecule has 1 atom stereocenters. The quantitative estimate of drug-likeness (QED) is 0.865. The molecule has 0 spiro atoms. The van der Waals surface area contributed by atoms with Crippen molar-refractivity contribution in [1.29, 1.82) is 0 Å². The van der Waals surface area contributed by atoms with Gasteiger partial charge in [-0.05, 0) is 12.0 Å². The fraction of sp³-hybridized carbons (Fsp3) is 0.529. The van der Waals surface area contributed by atoms with E-state index in [1.54, 1.807) is 16.7 Å². The normalized spacial score (nSPS) is 33.2. The van der Waals surface area contributed by atoms with Gasteiger partial charge < -0.3 is 0 Å². The summed E-state index contributed by atoms with van der Waals surface area (Å²) in [5, 5.41) is 4.46. The summed E-state index contributed by atoms with van der Waals surface area (Å²) in [5.41, 5.74) is -0.903. The summed E-state index contributed by atoms with van der Waals surface area (Å²) < 4.78 is 42.3. The lowest BCUT2D eigenvalue weighted by Crippen LogP contribution is -2.72. The van der Waals surface area contributed by atoms with E-state index in [9.17, 15) is 18.0 Å². The van der Waals surface area contributed by atoms with E-state index in [2.05, 4.69) is 5.10 Å². The predicted molar refractivity (Wildman–Crippen MR) is 80.0 cm³/mol. The second-order valence-corrected chi connectivity index (χ2v) is 7.41. The highest BCUT2D eigenvalue weighted by Crippen LogP contribution is 2.66. The molecule has 126 valence electrons. The average molecular weight is 335 g/mol. The minimum absolute atomic E-state index is 0.0258. The summed E-state index contributed by atoms with van der Waals surface area (Å²) in [7, 11) is 0. The van der Waals surface area contributed by atoms with Crippen molar-refractivity contribution in [3.05, 3.63) is 51.7 Å². The Hall–Kier alpha value is -2.05. The summed E-state index contributed by atoms with van der Waals surface area (Å²) in [6.07, 6.45) is 0.0338. The summed E-state index contributed by atoms with van der Waals surface area (Å²) in [5.74, 6) is 0.709. The molecule has 7 heteroatoms. The highest BCUT2D eigenvalue weighted by atomic mass is 19.3. The van der Waals surface area contributed by atoms with Gasteiger partial charge >= 0.3 is 5.69 Å². The summed E-state index contributed by atoms with van der Waals surface area (Å²) in [6, 6.07) is 5.94. The van der Waals surface area contributed by atoms with Gasteiger partial charge in [0.2, 0.25) is 0 Å². The van der Waals surface area contributed by atoms with Crippen LogP contribution < -0.4 is 5.69 Å². The molecule has 1 aromatic carbocycles. The number of halogens is 3. The molecule has 2 bridgehead atoms. The highest BCUT2D eigenvalue weighted by molar-refractivity contribution is 5.29. The number of aromatic nitrogens is 3. The van der Waals surface area contributed by atoms with Crippen LogP contribution in [0.25, 0.3) is 0 Å². The Labute approximate surface area is 135 Å². The molecule has 1 aromatic heterocycles. The molecule has 0 unspecified atom stereocenters. The van der Waals surface area contributed by atoms with E-state index < -0.39 is 17.6 Å². The van der Waals surface area contributed by atoms with Crippen molar-refractivity contribution in [1.82, 2.24) is 14.3 Å². The van der Waals surface area contributed by atoms with Crippen LogP contribution in [-0.4, -0.2) is 20.0 Å².